The largest absolute Gasteiger partial charge is 0.388 e. The maximum absolute atomic E-state index is 11.4. The van der Waals surface area contributed by atoms with Crippen LogP contribution in [0.15, 0.2) is 17.8 Å². The molecule has 0 aliphatic heterocycles. The minimum Gasteiger partial charge on any atom is -0.388 e. The second kappa shape index (κ2) is 6.72. The van der Waals surface area contributed by atoms with Gasteiger partial charge in [-0.05, 0) is 98.7 Å². The van der Waals surface area contributed by atoms with E-state index in [0.717, 1.165) is 36.4 Å². The van der Waals surface area contributed by atoms with Crippen LogP contribution in [0.5, 0.6) is 0 Å². The highest BCUT2D eigenvalue weighted by molar-refractivity contribution is 5.52. The molecule has 1 N–H and O–H groups in total. The van der Waals surface area contributed by atoms with Crippen molar-refractivity contribution in [2.75, 3.05) is 0 Å². The number of rotatable bonds is 2. The van der Waals surface area contributed by atoms with E-state index in [9.17, 15) is 5.11 Å². The molecule has 1 aromatic rings. The molecule has 0 bridgehead atoms. The van der Waals surface area contributed by atoms with Gasteiger partial charge < -0.3 is 5.11 Å². The van der Waals surface area contributed by atoms with Crippen molar-refractivity contribution < 1.29 is 5.11 Å². The van der Waals surface area contributed by atoms with Crippen LogP contribution in [0.1, 0.15) is 84.3 Å². The minimum atomic E-state index is -0.282. The molecule has 0 radical (unpaired) electrons. The van der Waals surface area contributed by atoms with E-state index in [0.29, 0.717) is 11.3 Å². The van der Waals surface area contributed by atoms with Crippen molar-refractivity contribution in [1.29, 1.82) is 0 Å². The van der Waals surface area contributed by atoms with Gasteiger partial charge in [0.05, 0.1) is 11.8 Å². The van der Waals surface area contributed by atoms with Gasteiger partial charge >= 0.3 is 0 Å². The molecule has 0 amide bonds. The fourth-order valence-corrected chi connectivity index (χ4v) is 8.21. The molecule has 1 heterocycles. The van der Waals surface area contributed by atoms with Crippen LogP contribution in [-0.4, -0.2) is 21.0 Å². The van der Waals surface area contributed by atoms with Gasteiger partial charge in [-0.25, -0.2) is 0 Å². The molecule has 5 rings (SSSR count). The Morgan fingerprint density at radius 1 is 1.11 bits per heavy atom. The van der Waals surface area contributed by atoms with Gasteiger partial charge in [0.1, 0.15) is 0 Å². The molecule has 0 aromatic carbocycles. The van der Waals surface area contributed by atoms with E-state index < -0.39 is 0 Å². The van der Waals surface area contributed by atoms with Crippen LogP contribution in [-0.2, 0) is 6.54 Å². The van der Waals surface area contributed by atoms with Crippen LogP contribution in [0.4, 0.5) is 0 Å². The molecule has 3 heteroatoms. The number of aliphatic hydroxyl groups excluding tert-OH is 1. The van der Waals surface area contributed by atoms with Crippen molar-refractivity contribution in [2.24, 2.45) is 34.5 Å². The SMILES string of the molecule is CCn1nccc1/C=C1/C[C@H]2[C@@H]3CC[C@H]4CCCC[C@]4(C)[C@H]3CC[C@]2(C)[C@H]1O. The number of hydrogen-bond donors (Lipinski definition) is 1. The van der Waals surface area contributed by atoms with Crippen molar-refractivity contribution in [3.8, 4) is 0 Å². The van der Waals surface area contributed by atoms with Gasteiger partial charge in [-0.1, -0.05) is 26.7 Å². The van der Waals surface area contributed by atoms with Crippen molar-refractivity contribution >= 4 is 6.08 Å². The number of aryl methyl sites for hydroxylation is 1. The minimum absolute atomic E-state index is 0.0714. The number of nitrogens with zero attached hydrogens (tertiary/aromatic N) is 2. The van der Waals surface area contributed by atoms with Gasteiger partial charge in [-0.15, -0.1) is 0 Å². The van der Waals surface area contributed by atoms with Crippen LogP contribution in [0, 0.1) is 34.5 Å². The van der Waals surface area contributed by atoms with E-state index in [2.05, 4.69) is 38.0 Å². The summed E-state index contributed by atoms with van der Waals surface area (Å²) in [4.78, 5) is 0. The van der Waals surface area contributed by atoms with Gasteiger partial charge in [-0.2, -0.15) is 5.10 Å². The average Bonchev–Trinajstić information content (AvgIpc) is 3.24. The lowest BCUT2D eigenvalue weighted by atomic mass is 9.45. The van der Waals surface area contributed by atoms with E-state index >= 15 is 0 Å². The van der Waals surface area contributed by atoms with Crippen molar-refractivity contribution in [3.63, 3.8) is 0 Å². The maximum atomic E-state index is 11.4. The van der Waals surface area contributed by atoms with Crippen LogP contribution < -0.4 is 0 Å². The normalized spacial score (nSPS) is 46.9. The predicted molar refractivity (Wildman–Crippen MR) is 114 cm³/mol. The number of hydrogen-bond acceptors (Lipinski definition) is 2. The zero-order valence-electron chi connectivity index (χ0n) is 18.0. The molecule has 4 aliphatic carbocycles. The first-order chi connectivity index (χ1) is 13.5. The lowest BCUT2D eigenvalue weighted by molar-refractivity contribution is -0.119. The lowest BCUT2D eigenvalue weighted by Gasteiger charge is -2.60. The van der Waals surface area contributed by atoms with Gasteiger partial charge in [0.15, 0.2) is 0 Å². The first-order valence-corrected chi connectivity index (χ1v) is 11.9. The maximum Gasteiger partial charge on any atom is 0.0810 e. The molecule has 4 saturated carbocycles. The zero-order valence-corrected chi connectivity index (χ0v) is 18.0. The molecule has 0 unspecified atom stereocenters. The van der Waals surface area contributed by atoms with Gasteiger partial charge in [-0.3, -0.25) is 4.68 Å². The van der Waals surface area contributed by atoms with Crippen LogP contribution in [0.3, 0.4) is 0 Å². The number of fused-ring (bicyclic) bond motifs is 5. The van der Waals surface area contributed by atoms with Gasteiger partial charge in [0.25, 0.3) is 0 Å². The average molecular weight is 383 g/mol. The summed E-state index contributed by atoms with van der Waals surface area (Å²) in [5, 5.41) is 15.8. The predicted octanol–water partition coefficient (Wildman–Crippen LogP) is 5.69. The molecular formula is C25H38N2O. The standard InChI is InChI=1S/C25H38N2O/c1-4-27-19(11-14-26-27)15-17-16-22-20-9-8-18-7-5-6-12-24(18,2)21(20)10-13-25(22,3)23(17)28/h11,14-15,18,20-23,28H,4-10,12-13,16H2,1-3H3/b17-15-/t18-,20-,21+,22+,23+,24+,25+/m1/s1. The molecule has 1 aromatic heterocycles. The summed E-state index contributed by atoms with van der Waals surface area (Å²) in [5.41, 5.74) is 3.06. The molecule has 4 fully saturated rings. The van der Waals surface area contributed by atoms with E-state index in [1.165, 1.54) is 56.9 Å². The highest BCUT2D eigenvalue weighted by Crippen LogP contribution is 2.67. The number of aliphatic hydroxyl groups is 1. The highest BCUT2D eigenvalue weighted by Gasteiger charge is 2.60. The molecule has 28 heavy (non-hydrogen) atoms. The Bertz CT molecular complexity index is 766. The Hall–Kier alpha value is -1.09. The molecule has 0 spiro atoms. The summed E-state index contributed by atoms with van der Waals surface area (Å²) in [5.74, 6) is 3.32. The van der Waals surface area contributed by atoms with E-state index in [4.69, 9.17) is 0 Å². The quantitative estimate of drug-likeness (QED) is 0.713. The van der Waals surface area contributed by atoms with Crippen molar-refractivity contribution in [3.05, 3.63) is 23.5 Å². The summed E-state index contributed by atoms with van der Waals surface area (Å²) in [6, 6.07) is 2.09. The summed E-state index contributed by atoms with van der Waals surface area (Å²) in [6.07, 6.45) is 16.1. The monoisotopic (exact) mass is 382 g/mol. The van der Waals surface area contributed by atoms with Gasteiger partial charge in [0, 0.05) is 18.2 Å². The van der Waals surface area contributed by atoms with E-state index in [1.54, 1.807) is 0 Å². The summed E-state index contributed by atoms with van der Waals surface area (Å²) >= 11 is 0. The number of aromatic nitrogens is 2. The third-order valence-corrected chi connectivity index (χ3v) is 9.83. The zero-order chi connectivity index (χ0) is 19.5. The molecular weight excluding hydrogens is 344 g/mol. The molecule has 154 valence electrons. The van der Waals surface area contributed by atoms with E-state index in [-0.39, 0.29) is 11.5 Å². The first-order valence-electron chi connectivity index (χ1n) is 11.9. The Balaban J connectivity index is 1.46. The highest BCUT2D eigenvalue weighted by atomic mass is 16.3. The lowest BCUT2D eigenvalue weighted by Crippen LogP contribution is -2.53. The smallest absolute Gasteiger partial charge is 0.0810 e. The Morgan fingerprint density at radius 3 is 2.79 bits per heavy atom. The second-order valence-electron chi connectivity index (χ2n) is 10.8. The third kappa shape index (κ3) is 2.61. The first kappa shape index (κ1) is 18.9. The molecule has 7 atom stereocenters. The van der Waals surface area contributed by atoms with Crippen molar-refractivity contribution in [2.45, 2.75) is 91.2 Å². The van der Waals surface area contributed by atoms with Crippen LogP contribution in [0.25, 0.3) is 6.08 Å². The van der Waals surface area contributed by atoms with Crippen LogP contribution >= 0.6 is 0 Å². The Labute approximate surface area is 170 Å². The Kier molecular flexibility index (Phi) is 4.54. The summed E-state index contributed by atoms with van der Waals surface area (Å²) < 4.78 is 2.04. The molecule has 0 saturated heterocycles. The fourth-order valence-electron chi connectivity index (χ4n) is 8.21. The van der Waals surface area contributed by atoms with Crippen LogP contribution in [0.2, 0.25) is 0 Å². The summed E-state index contributed by atoms with van der Waals surface area (Å²) in [7, 11) is 0. The van der Waals surface area contributed by atoms with Crippen molar-refractivity contribution in [1.82, 2.24) is 9.78 Å². The molecule has 3 nitrogen and oxygen atoms in total. The third-order valence-electron chi connectivity index (χ3n) is 9.83. The molecule has 4 aliphatic rings. The van der Waals surface area contributed by atoms with Gasteiger partial charge in [0.2, 0.25) is 0 Å². The topological polar surface area (TPSA) is 38.0 Å². The fraction of sp³-hybridized carbons (Fsp3) is 0.800. The summed E-state index contributed by atoms with van der Waals surface area (Å²) in [6.45, 7) is 8.05. The van der Waals surface area contributed by atoms with E-state index in [1.807, 2.05) is 10.9 Å². The Morgan fingerprint density at radius 2 is 1.96 bits per heavy atom. The second-order valence-corrected chi connectivity index (χ2v) is 10.8.